The van der Waals surface area contributed by atoms with Gasteiger partial charge in [-0.15, -0.1) is 11.6 Å². The van der Waals surface area contributed by atoms with Crippen molar-refractivity contribution >= 4 is 17.5 Å². The molecule has 88 valence electrons. The molecule has 1 aromatic carbocycles. The third-order valence-electron chi connectivity index (χ3n) is 2.31. The lowest BCUT2D eigenvalue weighted by molar-refractivity contribution is 0.0795. The highest BCUT2D eigenvalue weighted by Gasteiger charge is 2.15. The molecule has 0 saturated carbocycles. The van der Waals surface area contributed by atoms with E-state index in [1.807, 2.05) is 6.92 Å². The summed E-state index contributed by atoms with van der Waals surface area (Å²) in [7, 11) is 1.72. The number of carbonyl (C=O) groups is 1. The van der Waals surface area contributed by atoms with Gasteiger partial charge in [0.15, 0.2) is 0 Å². The molecule has 4 heteroatoms. The molecule has 1 N–H and O–H groups in total. The van der Waals surface area contributed by atoms with Crippen molar-refractivity contribution in [3.8, 4) is 5.75 Å². The van der Waals surface area contributed by atoms with Crippen molar-refractivity contribution < 1.29 is 9.90 Å². The Morgan fingerprint density at radius 2 is 2.19 bits per heavy atom. The lowest BCUT2D eigenvalue weighted by atomic mass is 10.1. The number of aromatic hydroxyl groups is 1. The number of nitrogens with zero attached hydrogens (tertiary/aromatic N) is 1. The first-order valence-corrected chi connectivity index (χ1v) is 5.54. The molecule has 0 fully saturated rings. The first-order valence-electron chi connectivity index (χ1n) is 5.11. The van der Waals surface area contributed by atoms with Crippen LogP contribution in [0.5, 0.6) is 5.75 Å². The highest BCUT2D eigenvalue weighted by molar-refractivity contribution is 6.20. The minimum Gasteiger partial charge on any atom is -0.508 e. The quantitative estimate of drug-likeness (QED) is 0.826. The highest BCUT2D eigenvalue weighted by Crippen LogP contribution is 2.17. The zero-order chi connectivity index (χ0) is 12.3. The highest BCUT2D eigenvalue weighted by atomic mass is 35.5. The molecule has 1 rings (SSSR count). The third kappa shape index (κ3) is 3.14. The molecular weight excluding hydrogens is 226 g/mol. The van der Waals surface area contributed by atoms with E-state index in [0.29, 0.717) is 12.1 Å². The van der Waals surface area contributed by atoms with Crippen LogP contribution in [-0.2, 0) is 0 Å². The molecule has 0 spiro atoms. The van der Waals surface area contributed by atoms with Gasteiger partial charge in [-0.1, -0.05) is 0 Å². The summed E-state index contributed by atoms with van der Waals surface area (Å²) in [6.07, 6.45) is 0. The Morgan fingerprint density at radius 1 is 1.56 bits per heavy atom. The fourth-order valence-corrected chi connectivity index (χ4v) is 1.76. The summed E-state index contributed by atoms with van der Waals surface area (Å²) in [6.45, 7) is 4.14. The van der Waals surface area contributed by atoms with Crippen molar-refractivity contribution in [3.63, 3.8) is 0 Å². The summed E-state index contributed by atoms with van der Waals surface area (Å²) in [5.74, 6) is 0.0902. The van der Waals surface area contributed by atoms with Gasteiger partial charge in [0.05, 0.1) is 0 Å². The second-order valence-corrected chi connectivity index (χ2v) is 4.71. The number of phenols is 1. The van der Waals surface area contributed by atoms with Crippen LogP contribution >= 0.6 is 11.6 Å². The first-order chi connectivity index (χ1) is 7.41. The molecule has 1 unspecified atom stereocenters. The summed E-state index contributed by atoms with van der Waals surface area (Å²) in [5, 5.41) is 9.18. The number of rotatable bonds is 3. The summed E-state index contributed by atoms with van der Waals surface area (Å²) >= 11 is 5.84. The van der Waals surface area contributed by atoms with Crippen LogP contribution in [0.2, 0.25) is 0 Å². The van der Waals surface area contributed by atoms with Gasteiger partial charge in [-0.2, -0.15) is 0 Å². The normalized spacial score (nSPS) is 12.2. The van der Waals surface area contributed by atoms with Crippen molar-refractivity contribution in [2.75, 3.05) is 13.6 Å². The zero-order valence-electron chi connectivity index (χ0n) is 9.70. The Bertz CT molecular complexity index is 391. The Morgan fingerprint density at radius 3 is 2.69 bits per heavy atom. The van der Waals surface area contributed by atoms with E-state index in [2.05, 4.69) is 0 Å². The predicted molar refractivity (Wildman–Crippen MR) is 65.1 cm³/mol. The number of benzene rings is 1. The van der Waals surface area contributed by atoms with Crippen LogP contribution in [0.3, 0.4) is 0 Å². The third-order valence-corrected chi connectivity index (χ3v) is 2.45. The summed E-state index contributed by atoms with van der Waals surface area (Å²) in [5.41, 5.74) is 1.36. The van der Waals surface area contributed by atoms with Crippen molar-refractivity contribution in [2.24, 2.45) is 0 Å². The van der Waals surface area contributed by atoms with Gasteiger partial charge in [-0.05, 0) is 37.6 Å². The molecule has 0 heterocycles. The van der Waals surface area contributed by atoms with Gasteiger partial charge in [0.2, 0.25) is 0 Å². The van der Waals surface area contributed by atoms with Crippen LogP contribution in [0.15, 0.2) is 18.2 Å². The molecule has 0 saturated heterocycles. The fourth-order valence-electron chi connectivity index (χ4n) is 1.55. The Kier molecular flexibility index (Phi) is 4.19. The van der Waals surface area contributed by atoms with Gasteiger partial charge in [0, 0.05) is 24.5 Å². The van der Waals surface area contributed by atoms with Gasteiger partial charge in [0.1, 0.15) is 5.75 Å². The van der Waals surface area contributed by atoms with Gasteiger partial charge in [0.25, 0.3) is 5.91 Å². The molecule has 0 bridgehead atoms. The monoisotopic (exact) mass is 241 g/mol. The summed E-state index contributed by atoms with van der Waals surface area (Å²) < 4.78 is 0. The lowest BCUT2D eigenvalue weighted by Gasteiger charge is -2.19. The second-order valence-electron chi connectivity index (χ2n) is 3.97. The zero-order valence-corrected chi connectivity index (χ0v) is 10.5. The number of amides is 1. The fraction of sp³-hybridized carbons (Fsp3) is 0.417. The molecular formula is C12H16ClNO2. The number of phenolic OH excluding ortho intramolecular Hbond substituents is 1. The van der Waals surface area contributed by atoms with Gasteiger partial charge < -0.3 is 10.0 Å². The lowest BCUT2D eigenvalue weighted by Crippen LogP contribution is -2.31. The van der Waals surface area contributed by atoms with E-state index >= 15 is 0 Å². The Hall–Kier alpha value is -1.22. The van der Waals surface area contributed by atoms with Crippen LogP contribution < -0.4 is 0 Å². The number of carbonyl (C=O) groups excluding carboxylic acids is 1. The number of hydrogen-bond acceptors (Lipinski definition) is 2. The minimum atomic E-state index is -0.0787. The Balaban J connectivity index is 2.88. The van der Waals surface area contributed by atoms with Gasteiger partial charge in [-0.3, -0.25) is 4.79 Å². The van der Waals surface area contributed by atoms with E-state index in [4.69, 9.17) is 11.6 Å². The van der Waals surface area contributed by atoms with Gasteiger partial charge >= 0.3 is 0 Å². The van der Waals surface area contributed by atoms with Crippen LogP contribution in [0.1, 0.15) is 22.8 Å². The SMILES string of the molecule is Cc1cc(O)ccc1C(=O)N(C)CC(C)Cl. The molecule has 0 aliphatic rings. The van der Waals surface area contributed by atoms with E-state index in [-0.39, 0.29) is 17.0 Å². The molecule has 1 amide bonds. The van der Waals surface area contributed by atoms with Crippen molar-refractivity contribution in [2.45, 2.75) is 19.2 Å². The van der Waals surface area contributed by atoms with Crippen molar-refractivity contribution in [1.29, 1.82) is 0 Å². The number of hydrogen-bond donors (Lipinski definition) is 1. The molecule has 0 aliphatic carbocycles. The van der Waals surface area contributed by atoms with Gasteiger partial charge in [-0.25, -0.2) is 0 Å². The van der Waals surface area contributed by atoms with E-state index in [1.165, 1.54) is 6.07 Å². The van der Waals surface area contributed by atoms with Crippen molar-refractivity contribution in [3.05, 3.63) is 29.3 Å². The molecule has 0 aliphatic heterocycles. The van der Waals surface area contributed by atoms with E-state index in [9.17, 15) is 9.90 Å². The largest absolute Gasteiger partial charge is 0.508 e. The van der Waals surface area contributed by atoms with Crippen LogP contribution in [-0.4, -0.2) is 34.9 Å². The smallest absolute Gasteiger partial charge is 0.253 e. The topological polar surface area (TPSA) is 40.5 Å². The standard InChI is InChI=1S/C12H16ClNO2/c1-8-6-10(15)4-5-11(8)12(16)14(3)7-9(2)13/h4-6,9,15H,7H2,1-3H3. The van der Waals surface area contributed by atoms with E-state index in [0.717, 1.165) is 5.56 Å². The average molecular weight is 242 g/mol. The number of halogens is 1. The maximum absolute atomic E-state index is 12.0. The van der Waals surface area contributed by atoms with Crippen LogP contribution in [0.4, 0.5) is 0 Å². The predicted octanol–water partition coefficient (Wildman–Crippen LogP) is 2.40. The molecule has 16 heavy (non-hydrogen) atoms. The second kappa shape index (κ2) is 5.21. The average Bonchev–Trinajstić information content (AvgIpc) is 2.15. The number of alkyl halides is 1. The number of aryl methyl sites for hydroxylation is 1. The van der Waals surface area contributed by atoms with Crippen LogP contribution in [0.25, 0.3) is 0 Å². The van der Waals surface area contributed by atoms with Crippen LogP contribution in [0, 0.1) is 6.92 Å². The van der Waals surface area contributed by atoms with E-state index < -0.39 is 0 Å². The first kappa shape index (κ1) is 12.8. The van der Waals surface area contributed by atoms with E-state index in [1.54, 1.807) is 31.0 Å². The molecule has 1 atom stereocenters. The molecule has 0 aromatic heterocycles. The Labute approximate surface area is 101 Å². The maximum Gasteiger partial charge on any atom is 0.253 e. The molecule has 1 aromatic rings. The summed E-state index contributed by atoms with van der Waals surface area (Å²) in [4.78, 5) is 13.6. The molecule has 0 radical (unpaired) electrons. The maximum atomic E-state index is 12.0. The van der Waals surface area contributed by atoms with Crippen molar-refractivity contribution in [1.82, 2.24) is 4.90 Å². The summed E-state index contributed by atoms with van der Waals surface area (Å²) in [6, 6.07) is 4.71. The molecule has 3 nitrogen and oxygen atoms in total. The minimum absolute atomic E-state index is 0.0774.